The number of benzene rings is 6. The molecule has 0 saturated heterocycles. The van der Waals surface area contributed by atoms with Crippen molar-refractivity contribution in [1.82, 2.24) is 0 Å². The smallest absolute Gasteiger partial charge is 0.347 e. The normalized spacial score (nSPS) is 11.6. The molecule has 0 saturated carbocycles. The first kappa shape index (κ1) is 44.3. The molecule has 2 unspecified atom stereocenters. The summed E-state index contributed by atoms with van der Waals surface area (Å²) in [6.45, 7) is 1.20. The summed E-state index contributed by atoms with van der Waals surface area (Å²) in [5, 5.41) is 9.46. The fraction of sp³-hybridized carbons (Fsp3) is 0.224. The largest absolute Gasteiger partial charge is 0.493 e. The topological polar surface area (TPSA) is 101 Å². The van der Waals surface area contributed by atoms with Crippen LogP contribution in [0, 0.1) is 0 Å². The van der Waals surface area contributed by atoms with Crippen molar-refractivity contribution >= 4 is 35.5 Å². The van der Waals surface area contributed by atoms with Gasteiger partial charge in [0, 0.05) is 35.5 Å². The van der Waals surface area contributed by atoms with Gasteiger partial charge in [0.1, 0.15) is 23.0 Å². The van der Waals surface area contributed by atoms with E-state index in [1.807, 2.05) is 97.1 Å². The van der Waals surface area contributed by atoms with Crippen molar-refractivity contribution in [3.8, 4) is 23.0 Å². The van der Waals surface area contributed by atoms with Crippen molar-refractivity contribution in [3.63, 3.8) is 0 Å². The molecule has 6 aromatic rings. The summed E-state index contributed by atoms with van der Waals surface area (Å²) in [5.74, 6) is 1.38. The molecule has 59 heavy (non-hydrogen) atoms. The third-order valence-electron chi connectivity index (χ3n) is 9.11. The van der Waals surface area contributed by atoms with E-state index in [-0.39, 0.29) is 6.42 Å². The minimum absolute atomic E-state index is 0.284. The van der Waals surface area contributed by atoms with Crippen LogP contribution >= 0.6 is 23.5 Å². The summed E-state index contributed by atoms with van der Waals surface area (Å²) >= 11 is 3.47. The molecule has 0 aromatic heterocycles. The Hall–Kier alpha value is -5.84. The average Bonchev–Trinajstić information content (AvgIpc) is 3.28. The number of carbonyl (C=O) groups excluding carboxylic acids is 1. The SMILES string of the molecule is COC(=O)C(Cc1ccc(OCCc2ccc(SC)cc2)cc1)Oc1ccccc1.CSc1ccc(CCOc2ccc(CC(Oc3ccccc3)C(=O)O)cc2)cc1. The fourth-order valence-corrected chi connectivity index (χ4v) is 6.66. The molecule has 0 aliphatic carbocycles. The van der Waals surface area contributed by atoms with Crippen LogP contribution in [0.4, 0.5) is 0 Å². The van der Waals surface area contributed by atoms with Crippen molar-refractivity contribution in [2.45, 2.75) is 47.7 Å². The molecule has 6 rings (SSSR count). The number of rotatable bonds is 20. The highest BCUT2D eigenvalue weighted by Crippen LogP contribution is 2.21. The Labute approximate surface area is 355 Å². The van der Waals surface area contributed by atoms with E-state index >= 15 is 0 Å². The Kier molecular flexibility index (Phi) is 18.1. The number of aliphatic carboxylic acids is 1. The Morgan fingerprint density at radius 2 is 0.864 bits per heavy atom. The molecule has 0 aliphatic rings. The van der Waals surface area contributed by atoms with Gasteiger partial charge in [-0.2, -0.15) is 0 Å². The van der Waals surface area contributed by atoms with Gasteiger partial charge in [-0.1, -0.05) is 84.9 Å². The van der Waals surface area contributed by atoms with Gasteiger partial charge in [-0.05, 0) is 108 Å². The van der Waals surface area contributed by atoms with Crippen LogP contribution in [-0.2, 0) is 40.0 Å². The minimum atomic E-state index is -0.985. The van der Waals surface area contributed by atoms with Crippen molar-refractivity contribution in [2.24, 2.45) is 0 Å². The predicted octanol–water partition coefficient (Wildman–Crippen LogP) is 10.3. The Balaban J connectivity index is 0.000000224. The van der Waals surface area contributed by atoms with E-state index in [0.29, 0.717) is 31.1 Å². The summed E-state index contributed by atoms with van der Waals surface area (Å²) in [6, 6.07) is 50.5. The van der Waals surface area contributed by atoms with Gasteiger partial charge in [-0.3, -0.25) is 0 Å². The number of thioether (sulfide) groups is 2. The molecule has 0 aliphatic heterocycles. The van der Waals surface area contributed by atoms with Gasteiger partial charge in [-0.15, -0.1) is 23.5 Å². The van der Waals surface area contributed by atoms with E-state index in [9.17, 15) is 14.7 Å². The lowest BCUT2D eigenvalue weighted by molar-refractivity contribution is -0.148. The highest BCUT2D eigenvalue weighted by molar-refractivity contribution is 7.98. The molecule has 0 amide bonds. The lowest BCUT2D eigenvalue weighted by Gasteiger charge is -2.17. The first-order valence-corrected chi connectivity index (χ1v) is 21.7. The van der Waals surface area contributed by atoms with Gasteiger partial charge in [-0.25, -0.2) is 9.59 Å². The number of esters is 1. The van der Waals surface area contributed by atoms with Crippen LogP contribution in [0.5, 0.6) is 23.0 Å². The highest BCUT2D eigenvalue weighted by atomic mass is 32.2. The van der Waals surface area contributed by atoms with Crippen molar-refractivity contribution in [1.29, 1.82) is 0 Å². The molecule has 0 radical (unpaired) electrons. The number of hydrogen-bond donors (Lipinski definition) is 1. The van der Waals surface area contributed by atoms with E-state index in [4.69, 9.17) is 23.7 Å². The molecule has 0 spiro atoms. The van der Waals surface area contributed by atoms with Crippen LogP contribution in [0.25, 0.3) is 0 Å². The lowest BCUT2D eigenvalue weighted by atomic mass is 10.1. The molecule has 0 fully saturated rings. The van der Waals surface area contributed by atoms with Crippen LogP contribution in [0.1, 0.15) is 22.3 Å². The number of carbonyl (C=O) groups is 2. The monoisotopic (exact) mass is 830 g/mol. The van der Waals surface area contributed by atoms with E-state index in [1.54, 1.807) is 35.7 Å². The Bertz CT molecular complexity index is 2110. The van der Waals surface area contributed by atoms with Crippen LogP contribution in [0.3, 0.4) is 0 Å². The van der Waals surface area contributed by atoms with Gasteiger partial charge in [0.05, 0.1) is 20.3 Å². The zero-order valence-corrected chi connectivity index (χ0v) is 35.2. The number of carboxylic acids is 1. The Morgan fingerprint density at radius 1 is 0.492 bits per heavy atom. The third-order valence-corrected chi connectivity index (χ3v) is 10.6. The summed E-state index contributed by atoms with van der Waals surface area (Å²) in [5.41, 5.74) is 4.35. The number of methoxy groups -OCH3 is 1. The van der Waals surface area contributed by atoms with Crippen LogP contribution < -0.4 is 18.9 Å². The quantitative estimate of drug-likeness (QED) is 0.0591. The number of carboxylic acid groups (broad SMARTS) is 1. The maximum atomic E-state index is 12.1. The first-order valence-electron chi connectivity index (χ1n) is 19.2. The summed E-state index contributed by atoms with van der Waals surface area (Å²) in [4.78, 5) is 26.2. The van der Waals surface area contributed by atoms with E-state index in [1.165, 1.54) is 28.0 Å². The molecular formula is C49H50O8S2. The van der Waals surface area contributed by atoms with Gasteiger partial charge < -0.3 is 28.8 Å². The second-order valence-corrected chi connectivity index (χ2v) is 15.0. The molecular weight excluding hydrogens is 781 g/mol. The minimum Gasteiger partial charge on any atom is -0.493 e. The molecule has 10 heteroatoms. The molecule has 0 heterocycles. The number of hydrogen-bond acceptors (Lipinski definition) is 9. The predicted molar refractivity (Wildman–Crippen MR) is 237 cm³/mol. The second kappa shape index (κ2) is 24.2. The molecule has 2 atom stereocenters. The average molecular weight is 831 g/mol. The van der Waals surface area contributed by atoms with E-state index < -0.39 is 24.1 Å². The molecule has 8 nitrogen and oxygen atoms in total. The summed E-state index contributed by atoms with van der Waals surface area (Å²) in [6.07, 6.45) is 4.89. The molecule has 306 valence electrons. The van der Waals surface area contributed by atoms with Crippen LogP contribution in [0.2, 0.25) is 0 Å². The second-order valence-electron chi connectivity index (χ2n) is 13.3. The van der Waals surface area contributed by atoms with Crippen molar-refractivity contribution < 1.29 is 38.4 Å². The fourth-order valence-electron chi connectivity index (χ4n) is 5.84. The summed E-state index contributed by atoms with van der Waals surface area (Å²) < 4.78 is 28.0. The van der Waals surface area contributed by atoms with Gasteiger partial charge in [0.15, 0.2) is 12.2 Å². The molecule has 6 aromatic carbocycles. The maximum absolute atomic E-state index is 12.1. The van der Waals surface area contributed by atoms with Crippen molar-refractivity contribution in [3.05, 3.63) is 180 Å². The zero-order valence-electron chi connectivity index (χ0n) is 33.5. The Morgan fingerprint density at radius 3 is 1.24 bits per heavy atom. The van der Waals surface area contributed by atoms with E-state index in [2.05, 4.69) is 61.0 Å². The lowest BCUT2D eigenvalue weighted by Crippen LogP contribution is -2.30. The van der Waals surface area contributed by atoms with Crippen LogP contribution in [0.15, 0.2) is 168 Å². The third kappa shape index (κ3) is 15.5. The summed E-state index contributed by atoms with van der Waals surface area (Å²) in [7, 11) is 1.37. The molecule has 0 bridgehead atoms. The van der Waals surface area contributed by atoms with Gasteiger partial charge in [0.25, 0.3) is 0 Å². The van der Waals surface area contributed by atoms with Crippen LogP contribution in [-0.4, -0.2) is 62.1 Å². The number of ether oxygens (including phenoxy) is 5. The maximum Gasteiger partial charge on any atom is 0.347 e. The van der Waals surface area contributed by atoms with Crippen molar-refractivity contribution in [2.75, 3.05) is 32.8 Å². The van der Waals surface area contributed by atoms with Gasteiger partial charge in [0.2, 0.25) is 0 Å². The van der Waals surface area contributed by atoms with E-state index in [0.717, 1.165) is 35.5 Å². The molecule has 1 N–H and O–H groups in total. The highest BCUT2D eigenvalue weighted by Gasteiger charge is 2.22. The zero-order chi connectivity index (χ0) is 41.7. The standard InChI is InChI=1S/C25H26O4S.C24H24O4S/c1-27-25(26)24(29-22-6-4-3-5-7-22)18-20-8-12-21(13-9-20)28-17-16-19-10-14-23(30-2)15-11-19;1-29-22-13-9-18(10-14-22)15-16-27-20-11-7-19(8-12-20)17-23(24(25)26)28-21-5-3-2-4-6-21/h3-15,24H,16-18H2,1-2H3;2-14,23H,15-17H2,1H3,(H,25,26). The number of para-hydroxylation sites is 2. The van der Waals surface area contributed by atoms with Gasteiger partial charge >= 0.3 is 11.9 Å². The first-order chi connectivity index (χ1) is 28.8.